The monoisotopic (exact) mass is 392 g/mol. The topological polar surface area (TPSA) is 17.1 Å². The van der Waals surface area contributed by atoms with Crippen molar-refractivity contribution in [3.05, 3.63) is 67.8 Å². The first kappa shape index (κ1) is 18.7. The molecule has 0 fully saturated rings. The van der Waals surface area contributed by atoms with Gasteiger partial charge in [-0.05, 0) is 86.9 Å². The molecule has 1 aromatic carbocycles. The standard InChI is InChI=1S/C21H22Cl2OS/c1-14-5-8-19(25-14)4-2-3-16-7-10-21(24)20(16)9-6-15-11-17(22)13-18(23)12-15/h5,7-8,10-13,16,20H,2-4,6,9H2,1H3/t16-,20+/m0/s1. The van der Waals surface area contributed by atoms with Crippen LogP contribution >= 0.6 is 34.5 Å². The summed E-state index contributed by atoms with van der Waals surface area (Å²) in [6.45, 7) is 2.14. The summed E-state index contributed by atoms with van der Waals surface area (Å²) in [4.78, 5) is 15.0. The van der Waals surface area contributed by atoms with Gasteiger partial charge in [-0.3, -0.25) is 4.79 Å². The van der Waals surface area contributed by atoms with E-state index < -0.39 is 0 Å². The Morgan fingerprint density at radius 2 is 1.80 bits per heavy atom. The smallest absolute Gasteiger partial charge is 0.159 e. The number of carbonyl (C=O) groups excluding carboxylic acids is 1. The van der Waals surface area contributed by atoms with Crippen LogP contribution in [0, 0.1) is 18.8 Å². The molecule has 0 saturated carbocycles. The molecule has 1 heterocycles. The molecule has 1 aliphatic carbocycles. The molecular formula is C21H22Cl2OS. The second kappa shape index (κ2) is 8.53. The fourth-order valence-electron chi connectivity index (χ4n) is 3.55. The van der Waals surface area contributed by atoms with Crippen LogP contribution in [0.15, 0.2) is 42.5 Å². The first-order chi connectivity index (χ1) is 12.0. The number of rotatable bonds is 7. The molecule has 1 nitrogen and oxygen atoms in total. The highest BCUT2D eigenvalue weighted by Crippen LogP contribution is 2.32. The predicted molar refractivity (Wildman–Crippen MR) is 108 cm³/mol. The van der Waals surface area contributed by atoms with Gasteiger partial charge in [0.05, 0.1) is 0 Å². The van der Waals surface area contributed by atoms with E-state index in [1.54, 1.807) is 12.1 Å². The SMILES string of the molecule is Cc1ccc(CCC[C@H]2C=CC(=O)[C@@H]2CCc2cc(Cl)cc(Cl)c2)s1. The highest BCUT2D eigenvalue weighted by molar-refractivity contribution is 7.11. The number of benzene rings is 1. The third-order valence-corrected chi connectivity index (χ3v) is 6.31. The minimum absolute atomic E-state index is 0.0998. The summed E-state index contributed by atoms with van der Waals surface area (Å²) in [6, 6.07) is 10.0. The molecule has 0 unspecified atom stereocenters. The van der Waals surface area contributed by atoms with Crippen molar-refractivity contribution in [2.24, 2.45) is 11.8 Å². The lowest BCUT2D eigenvalue weighted by atomic mass is 9.85. The summed E-state index contributed by atoms with van der Waals surface area (Å²) in [7, 11) is 0. The lowest BCUT2D eigenvalue weighted by molar-refractivity contribution is -0.118. The van der Waals surface area contributed by atoms with E-state index in [-0.39, 0.29) is 11.7 Å². The number of carbonyl (C=O) groups is 1. The molecule has 4 heteroatoms. The van der Waals surface area contributed by atoms with Crippen molar-refractivity contribution >= 4 is 40.3 Å². The largest absolute Gasteiger partial charge is 0.295 e. The normalized spacial score (nSPS) is 19.7. The van der Waals surface area contributed by atoms with E-state index in [2.05, 4.69) is 25.1 Å². The number of halogens is 2. The molecule has 0 amide bonds. The molecule has 0 N–H and O–H groups in total. The molecule has 0 bridgehead atoms. The average molecular weight is 393 g/mol. The van der Waals surface area contributed by atoms with Gasteiger partial charge in [0.2, 0.25) is 0 Å². The average Bonchev–Trinajstić information content (AvgIpc) is 3.11. The maximum Gasteiger partial charge on any atom is 0.159 e. The zero-order valence-electron chi connectivity index (χ0n) is 14.3. The Morgan fingerprint density at radius 3 is 2.48 bits per heavy atom. The van der Waals surface area contributed by atoms with Gasteiger partial charge in [-0.25, -0.2) is 0 Å². The predicted octanol–water partition coefficient (Wildman–Crippen LogP) is 6.69. The molecular weight excluding hydrogens is 371 g/mol. The van der Waals surface area contributed by atoms with E-state index in [9.17, 15) is 4.79 Å². The lowest BCUT2D eigenvalue weighted by Crippen LogP contribution is -2.17. The molecule has 2 atom stereocenters. The van der Waals surface area contributed by atoms with Gasteiger partial charge in [-0.2, -0.15) is 0 Å². The van der Waals surface area contributed by atoms with E-state index in [1.165, 1.54) is 9.75 Å². The summed E-state index contributed by atoms with van der Waals surface area (Å²) in [5.41, 5.74) is 1.10. The summed E-state index contributed by atoms with van der Waals surface area (Å²) in [5.74, 6) is 0.733. The zero-order valence-corrected chi connectivity index (χ0v) is 16.6. The first-order valence-electron chi connectivity index (χ1n) is 8.73. The van der Waals surface area contributed by atoms with Crippen LogP contribution < -0.4 is 0 Å². The van der Waals surface area contributed by atoms with Gasteiger partial charge in [0, 0.05) is 25.7 Å². The lowest BCUT2D eigenvalue weighted by Gasteiger charge is -2.18. The van der Waals surface area contributed by atoms with E-state index in [1.807, 2.05) is 23.5 Å². The van der Waals surface area contributed by atoms with E-state index in [4.69, 9.17) is 23.2 Å². The Hall–Kier alpha value is -1.09. The van der Waals surface area contributed by atoms with E-state index in [0.29, 0.717) is 16.0 Å². The Morgan fingerprint density at radius 1 is 1.04 bits per heavy atom. The molecule has 1 aliphatic rings. The third-order valence-electron chi connectivity index (χ3n) is 4.81. The Balaban J connectivity index is 1.53. The molecule has 0 saturated heterocycles. The zero-order chi connectivity index (χ0) is 17.8. The summed E-state index contributed by atoms with van der Waals surface area (Å²) in [6.07, 6.45) is 8.87. The van der Waals surface area contributed by atoms with Gasteiger partial charge in [-0.1, -0.05) is 29.3 Å². The molecule has 25 heavy (non-hydrogen) atoms. The summed E-state index contributed by atoms with van der Waals surface area (Å²) in [5, 5.41) is 1.31. The van der Waals surface area contributed by atoms with Crippen LogP contribution in [-0.4, -0.2) is 5.78 Å². The van der Waals surface area contributed by atoms with Crippen LogP contribution in [-0.2, 0) is 17.6 Å². The van der Waals surface area contributed by atoms with Crippen LogP contribution in [0.2, 0.25) is 10.0 Å². The molecule has 0 aliphatic heterocycles. The fraction of sp³-hybridized carbons (Fsp3) is 0.381. The van der Waals surface area contributed by atoms with Gasteiger partial charge in [-0.15, -0.1) is 11.3 Å². The van der Waals surface area contributed by atoms with Gasteiger partial charge in [0.25, 0.3) is 0 Å². The Kier molecular flexibility index (Phi) is 6.38. The van der Waals surface area contributed by atoms with Crippen molar-refractivity contribution in [1.82, 2.24) is 0 Å². The molecule has 1 aromatic heterocycles. The molecule has 2 aromatic rings. The van der Waals surface area contributed by atoms with E-state index >= 15 is 0 Å². The highest BCUT2D eigenvalue weighted by atomic mass is 35.5. The van der Waals surface area contributed by atoms with Crippen molar-refractivity contribution in [3.8, 4) is 0 Å². The number of hydrogen-bond acceptors (Lipinski definition) is 2. The van der Waals surface area contributed by atoms with Crippen molar-refractivity contribution in [3.63, 3.8) is 0 Å². The second-order valence-corrected chi connectivity index (χ2v) is 9.00. The van der Waals surface area contributed by atoms with Crippen LogP contribution in [0.25, 0.3) is 0 Å². The molecule has 132 valence electrons. The van der Waals surface area contributed by atoms with Crippen LogP contribution in [0.1, 0.15) is 34.6 Å². The van der Waals surface area contributed by atoms with Crippen LogP contribution in [0.4, 0.5) is 0 Å². The third kappa shape index (κ3) is 5.20. The van der Waals surface area contributed by atoms with Gasteiger partial charge < -0.3 is 0 Å². The van der Waals surface area contributed by atoms with Gasteiger partial charge in [0.1, 0.15) is 0 Å². The number of hydrogen-bond donors (Lipinski definition) is 0. The maximum absolute atomic E-state index is 12.2. The molecule has 0 spiro atoms. The Bertz CT molecular complexity index is 758. The second-order valence-electron chi connectivity index (χ2n) is 6.75. The minimum atomic E-state index is 0.0998. The molecule has 0 radical (unpaired) electrons. The van der Waals surface area contributed by atoms with Crippen LogP contribution in [0.5, 0.6) is 0 Å². The summed E-state index contributed by atoms with van der Waals surface area (Å²) >= 11 is 14.0. The van der Waals surface area contributed by atoms with Gasteiger partial charge in [0.15, 0.2) is 5.78 Å². The number of aryl methyl sites for hydroxylation is 3. The van der Waals surface area contributed by atoms with Crippen molar-refractivity contribution < 1.29 is 4.79 Å². The maximum atomic E-state index is 12.2. The number of allylic oxidation sites excluding steroid dienone is 2. The minimum Gasteiger partial charge on any atom is -0.295 e. The number of ketones is 1. The van der Waals surface area contributed by atoms with Crippen molar-refractivity contribution in [1.29, 1.82) is 0 Å². The van der Waals surface area contributed by atoms with Crippen molar-refractivity contribution in [2.45, 2.75) is 39.0 Å². The van der Waals surface area contributed by atoms with Crippen LogP contribution in [0.3, 0.4) is 0 Å². The highest BCUT2D eigenvalue weighted by Gasteiger charge is 2.29. The van der Waals surface area contributed by atoms with Crippen molar-refractivity contribution in [2.75, 3.05) is 0 Å². The quantitative estimate of drug-likeness (QED) is 0.512. The van der Waals surface area contributed by atoms with E-state index in [0.717, 1.165) is 37.7 Å². The van der Waals surface area contributed by atoms with Gasteiger partial charge >= 0.3 is 0 Å². The summed E-state index contributed by atoms with van der Waals surface area (Å²) < 4.78 is 0. The first-order valence-corrected chi connectivity index (χ1v) is 10.3. The number of thiophene rings is 1. The fourth-order valence-corrected chi connectivity index (χ4v) is 5.05. The molecule has 3 rings (SSSR count). The Labute approximate surface area is 163 Å².